The normalized spacial score (nSPS) is 12.2. The molecule has 0 aliphatic rings. The van der Waals surface area contributed by atoms with Gasteiger partial charge in [0.25, 0.3) is 10.0 Å². The predicted molar refractivity (Wildman–Crippen MR) is 173 cm³/mol. The second-order valence-electron chi connectivity index (χ2n) is 11.6. The second kappa shape index (κ2) is 14.4. The highest BCUT2D eigenvalue weighted by Crippen LogP contribution is 2.26. The zero-order valence-corrected chi connectivity index (χ0v) is 26.6. The number of methoxy groups -OCH3 is 1. The van der Waals surface area contributed by atoms with Crippen LogP contribution in [0.3, 0.4) is 0 Å². The maximum atomic E-state index is 14.4. The number of sulfonamides is 1. The first kappa shape index (κ1) is 33.2. The van der Waals surface area contributed by atoms with Crippen molar-refractivity contribution >= 4 is 27.5 Å². The molecule has 2 amide bonds. The van der Waals surface area contributed by atoms with Crippen LogP contribution in [0.2, 0.25) is 0 Å². The molecular weight excluding hydrogens is 593 g/mol. The van der Waals surface area contributed by atoms with Crippen molar-refractivity contribution in [2.75, 3.05) is 18.0 Å². The highest BCUT2D eigenvalue weighted by atomic mass is 32.2. The summed E-state index contributed by atoms with van der Waals surface area (Å²) >= 11 is 0. The molecule has 0 spiro atoms. The van der Waals surface area contributed by atoms with Gasteiger partial charge in [0.1, 0.15) is 24.2 Å². The number of halogens is 1. The fourth-order valence-corrected chi connectivity index (χ4v) is 6.21. The number of carbonyl (C=O) groups is 2. The molecule has 0 radical (unpaired) electrons. The zero-order valence-electron chi connectivity index (χ0n) is 25.8. The average molecular weight is 632 g/mol. The third kappa shape index (κ3) is 8.92. The van der Waals surface area contributed by atoms with E-state index in [0.717, 1.165) is 9.87 Å². The van der Waals surface area contributed by atoms with Crippen LogP contribution in [-0.4, -0.2) is 50.4 Å². The van der Waals surface area contributed by atoms with Gasteiger partial charge in [-0.05, 0) is 80.4 Å². The molecule has 4 aromatic carbocycles. The summed E-state index contributed by atoms with van der Waals surface area (Å²) in [7, 11) is -2.76. The Bertz CT molecular complexity index is 1680. The van der Waals surface area contributed by atoms with Crippen LogP contribution in [0, 0.1) is 5.82 Å². The van der Waals surface area contributed by atoms with Crippen molar-refractivity contribution in [3.05, 3.63) is 126 Å². The van der Waals surface area contributed by atoms with Gasteiger partial charge in [-0.3, -0.25) is 13.9 Å². The van der Waals surface area contributed by atoms with E-state index < -0.39 is 45.8 Å². The first-order valence-electron chi connectivity index (χ1n) is 14.5. The van der Waals surface area contributed by atoms with Gasteiger partial charge >= 0.3 is 0 Å². The average Bonchev–Trinajstić information content (AvgIpc) is 3.02. The summed E-state index contributed by atoms with van der Waals surface area (Å²) in [5, 5.41) is 2.99. The lowest BCUT2D eigenvalue weighted by Crippen LogP contribution is -2.56. The molecule has 0 aliphatic heterocycles. The van der Waals surface area contributed by atoms with Crippen molar-refractivity contribution in [3.8, 4) is 5.75 Å². The molecule has 0 bridgehead atoms. The number of ether oxygens (including phenoxy) is 1. The number of nitrogens with one attached hydrogen (secondary N) is 1. The summed E-state index contributed by atoms with van der Waals surface area (Å²) in [6, 6.07) is 28.1. The minimum atomic E-state index is -4.24. The maximum Gasteiger partial charge on any atom is 0.264 e. The second-order valence-corrected chi connectivity index (χ2v) is 13.5. The van der Waals surface area contributed by atoms with Crippen molar-refractivity contribution < 1.29 is 27.1 Å². The van der Waals surface area contributed by atoms with E-state index >= 15 is 0 Å². The van der Waals surface area contributed by atoms with E-state index in [1.165, 1.54) is 48.4 Å². The minimum Gasteiger partial charge on any atom is -0.497 e. The first-order chi connectivity index (χ1) is 21.4. The predicted octanol–water partition coefficient (Wildman–Crippen LogP) is 5.58. The van der Waals surface area contributed by atoms with Crippen LogP contribution in [0.4, 0.5) is 10.1 Å². The van der Waals surface area contributed by atoms with Crippen LogP contribution < -0.4 is 14.4 Å². The molecule has 45 heavy (non-hydrogen) atoms. The number of benzene rings is 4. The van der Waals surface area contributed by atoms with E-state index in [1.54, 1.807) is 42.5 Å². The first-order valence-corrected chi connectivity index (χ1v) is 15.9. The van der Waals surface area contributed by atoms with Crippen LogP contribution in [0.5, 0.6) is 5.75 Å². The quantitative estimate of drug-likeness (QED) is 0.220. The standard InChI is InChI=1S/C35H38FN3O5S/c1-35(2,3)37-34(41)32(23-26-11-7-5-8-12-26)38(24-27-15-17-28(36)18-16-27)33(40)25-39(29-13-9-6-10-14-29)45(42,43)31-21-19-30(44-4)20-22-31/h5-22,32H,23-25H2,1-4H3,(H,37,41)/t32-/m1/s1. The molecule has 1 atom stereocenters. The van der Waals surface area contributed by atoms with Crippen molar-refractivity contribution in [1.29, 1.82) is 0 Å². The Balaban J connectivity index is 1.79. The lowest BCUT2D eigenvalue weighted by atomic mass is 10.0. The monoisotopic (exact) mass is 631 g/mol. The fourth-order valence-electron chi connectivity index (χ4n) is 4.79. The Morgan fingerprint density at radius 2 is 1.40 bits per heavy atom. The van der Waals surface area contributed by atoms with Gasteiger partial charge in [0.15, 0.2) is 0 Å². The number of hydrogen-bond acceptors (Lipinski definition) is 5. The zero-order chi connectivity index (χ0) is 32.6. The van der Waals surface area contributed by atoms with Crippen LogP contribution in [0.25, 0.3) is 0 Å². The Hall–Kier alpha value is -4.70. The van der Waals surface area contributed by atoms with Crippen LogP contribution in [0.1, 0.15) is 31.9 Å². The Morgan fingerprint density at radius 1 is 0.822 bits per heavy atom. The Labute approximate surface area is 264 Å². The fraction of sp³-hybridized carbons (Fsp3) is 0.257. The number of carbonyl (C=O) groups excluding carboxylic acids is 2. The van der Waals surface area contributed by atoms with Gasteiger partial charge in [0.05, 0.1) is 17.7 Å². The summed E-state index contributed by atoms with van der Waals surface area (Å²) in [6.45, 7) is 4.88. The maximum absolute atomic E-state index is 14.4. The number of para-hydroxylation sites is 1. The van der Waals surface area contributed by atoms with Crippen LogP contribution in [-0.2, 0) is 32.6 Å². The van der Waals surface area contributed by atoms with Gasteiger partial charge in [0.2, 0.25) is 11.8 Å². The molecule has 0 aliphatic carbocycles. The molecular formula is C35H38FN3O5S. The van der Waals surface area contributed by atoms with E-state index in [1.807, 2.05) is 51.1 Å². The van der Waals surface area contributed by atoms with Crippen LogP contribution in [0.15, 0.2) is 114 Å². The summed E-state index contributed by atoms with van der Waals surface area (Å²) in [5.74, 6) is -0.963. The highest BCUT2D eigenvalue weighted by molar-refractivity contribution is 7.92. The number of anilines is 1. The minimum absolute atomic E-state index is 0.0312. The lowest BCUT2D eigenvalue weighted by molar-refractivity contribution is -0.140. The molecule has 0 aromatic heterocycles. The number of nitrogens with zero attached hydrogens (tertiary/aromatic N) is 2. The van der Waals surface area contributed by atoms with Crippen molar-refractivity contribution in [2.24, 2.45) is 0 Å². The molecule has 8 nitrogen and oxygen atoms in total. The molecule has 4 rings (SSSR count). The highest BCUT2D eigenvalue weighted by Gasteiger charge is 2.35. The van der Waals surface area contributed by atoms with Gasteiger partial charge in [-0.1, -0.05) is 60.7 Å². The van der Waals surface area contributed by atoms with E-state index in [-0.39, 0.29) is 23.5 Å². The smallest absolute Gasteiger partial charge is 0.264 e. The number of hydrogen-bond donors (Lipinski definition) is 1. The van der Waals surface area contributed by atoms with E-state index in [9.17, 15) is 22.4 Å². The molecule has 0 fully saturated rings. The molecule has 10 heteroatoms. The van der Waals surface area contributed by atoms with Crippen LogP contribution >= 0.6 is 0 Å². The number of amides is 2. The van der Waals surface area contributed by atoms with E-state index in [0.29, 0.717) is 11.3 Å². The summed E-state index contributed by atoms with van der Waals surface area (Å²) in [6.07, 6.45) is 0.173. The van der Waals surface area contributed by atoms with Gasteiger partial charge < -0.3 is 15.0 Å². The van der Waals surface area contributed by atoms with Gasteiger partial charge in [-0.2, -0.15) is 0 Å². The summed E-state index contributed by atoms with van der Waals surface area (Å²) in [4.78, 5) is 29.6. The van der Waals surface area contributed by atoms with Gasteiger partial charge in [-0.15, -0.1) is 0 Å². The molecule has 0 unspecified atom stereocenters. The van der Waals surface area contributed by atoms with E-state index in [2.05, 4.69) is 5.32 Å². The summed E-state index contributed by atoms with van der Waals surface area (Å²) < 4.78 is 48.2. The number of rotatable bonds is 12. The summed E-state index contributed by atoms with van der Waals surface area (Å²) in [5.41, 5.74) is 1.07. The SMILES string of the molecule is COc1ccc(S(=O)(=O)N(CC(=O)N(Cc2ccc(F)cc2)[C@H](Cc2ccccc2)C(=O)NC(C)(C)C)c2ccccc2)cc1. The molecule has 0 saturated heterocycles. The topological polar surface area (TPSA) is 96.0 Å². The van der Waals surface area contributed by atoms with Crippen molar-refractivity contribution in [1.82, 2.24) is 10.2 Å². The Morgan fingerprint density at radius 3 is 1.96 bits per heavy atom. The van der Waals surface area contributed by atoms with Crippen molar-refractivity contribution in [2.45, 2.75) is 50.2 Å². The molecule has 1 N–H and O–H groups in total. The van der Waals surface area contributed by atoms with Gasteiger partial charge in [-0.25, -0.2) is 12.8 Å². The van der Waals surface area contributed by atoms with E-state index in [4.69, 9.17) is 4.74 Å². The lowest BCUT2D eigenvalue weighted by Gasteiger charge is -2.35. The van der Waals surface area contributed by atoms with Gasteiger partial charge in [0, 0.05) is 18.5 Å². The Kier molecular flexibility index (Phi) is 10.6. The van der Waals surface area contributed by atoms with Crippen molar-refractivity contribution in [3.63, 3.8) is 0 Å². The molecule has 0 saturated carbocycles. The molecule has 236 valence electrons. The third-order valence-electron chi connectivity index (χ3n) is 7.01. The molecule has 4 aromatic rings. The molecule has 0 heterocycles. The largest absolute Gasteiger partial charge is 0.497 e. The third-order valence-corrected chi connectivity index (χ3v) is 8.79.